The van der Waals surface area contributed by atoms with Gasteiger partial charge in [-0.2, -0.15) is 0 Å². The third kappa shape index (κ3) is 2.90. The van der Waals surface area contributed by atoms with Crippen molar-refractivity contribution in [1.29, 1.82) is 0 Å². The summed E-state index contributed by atoms with van der Waals surface area (Å²) in [6.45, 7) is 0.880. The predicted molar refractivity (Wildman–Crippen MR) is 97.2 cm³/mol. The summed E-state index contributed by atoms with van der Waals surface area (Å²) in [7, 11) is -2.95. The van der Waals surface area contributed by atoms with Crippen molar-refractivity contribution in [2.75, 3.05) is 29.5 Å². The lowest BCUT2D eigenvalue weighted by Crippen LogP contribution is -2.40. The molecule has 0 radical (unpaired) electrons. The highest BCUT2D eigenvalue weighted by atomic mass is 32.2. The number of hydrogen-bond acceptors (Lipinski definition) is 6. The first-order valence-electron chi connectivity index (χ1n) is 8.06. The van der Waals surface area contributed by atoms with E-state index in [1.54, 1.807) is 0 Å². The number of H-pyrrole nitrogens is 1. The number of anilines is 1. The number of benzene rings is 1. The standard InChI is InChI=1S/C17H16N4O4S/c22-17(23)13-9-18-16-14(13)15(19-10-20-16)11-2-1-3-12(8-11)21-4-6-26(24,25)7-5-21/h1-3,8-10H,4-7H2,(H,22,23)(H,18,19,20). The van der Waals surface area contributed by atoms with Crippen molar-refractivity contribution in [2.45, 2.75) is 0 Å². The Labute approximate surface area is 149 Å². The molecular weight excluding hydrogens is 356 g/mol. The van der Waals surface area contributed by atoms with E-state index in [-0.39, 0.29) is 17.1 Å². The van der Waals surface area contributed by atoms with Gasteiger partial charge in [0.2, 0.25) is 0 Å². The molecule has 1 aliphatic rings. The second-order valence-corrected chi connectivity index (χ2v) is 8.45. The first-order valence-corrected chi connectivity index (χ1v) is 9.88. The van der Waals surface area contributed by atoms with Crippen LogP contribution in [0, 0.1) is 0 Å². The average molecular weight is 372 g/mol. The van der Waals surface area contributed by atoms with E-state index in [1.807, 2.05) is 29.2 Å². The predicted octanol–water partition coefficient (Wildman–Crippen LogP) is 1.56. The third-order valence-electron chi connectivity index (χ3n) is 4.53. The first kappa shape index (κ1) is 16.5. The molecule has 1 saturated heterocycles. The van der Waals surface area contributed by atoms with Crippen LogP contribution in [0.4, 0.5) is 5.69 Å². The molecule has 134 valence electrons. The molecule has 0 amide bonds. The SMILES string of the molecule is O=C(O)c1c[nH]c2ncnc(-c3cccc(N4CCS(=O)(=O)CC4)c3)c12. The molecule has 3 heterocycles. The van der Waals surface area contributed by atoms with Crippen LogP contribution < -0.4 is 4.90 Å². The summed E-state index contributed by atoms with van der Waals surface area (Å²) >= 11 is 0. The largest absolute Gasteiger partial charge is 0.478 e. The van der Waals surface area contributed by atoms with E-state index < -0.39 is 15.8 Å². The minimum atomic E-state index is -2.95. The first-order chi connectivity index (χ1) is 12.4. The summed E-state index contributed by atoms with van der Waals surface area (Å²) in [5.41, 5.74) is 2.74. The smallest absolute Gasteiger partial charge is 0.338 e. The molecule has 0 aliphatic carbocycles. The minimum absolute atomic E-state index is 0.116. The Hall–Kier alpha value is -2.94. The molecule has 2 N–H and O–H groups in total. The molecule has 2 aromatic heterocycles. The van der Waals surface area contributed by atoms with E-state index in [0.29, 0.717) is 29.8 Å². The van der Waals surface area contributed by atoms with Crippen LogP contribution in [0.1, 0.15) is 10.4 Å². The summed E-state index contributed by atoms with van der Waals surface area (Å²) in [6.07, 6.45) is 2.80. The zero-order chi connectivity index (χ0) is 18.3. The molecule has 1 aliphatic heterocycles. The summed E-state index contributed by atoms with van der Waals surface area (Å²) in [4.78, 5) is 24.7. The van der Waals surface area contributed by atoms with Crippen LogP contribution in [0.3, 0.4) is 0 Å². The number of nitrogens with zero attached hydrogens (tertiary/aromatic N) is 3. The van der Waals surface area contributed by atoms with Crippen molar-refractivity contribution in [2.24, 2.45) is 0 Å². The van der Waals surface area contributed by atoms with Gasteiger partial charge >= 0.3 is 5.97 Å². The molecule has 4 rings (SSSR count). The summed E-state index contributed by atoms with van der Waals surface area (Å²) in [5, 5.41) is 9.87. The van der Waals surface area contributed by atoms with Gasteiger partial charge in [-0.1, -0.05) is 12.1 Å². The molecule has 0 unspecified atom stereocenters. The van der Waals surface area contributed by atoms with Crippen molar-refractivity contribution >= 4 is 32.5 Å². The Morgan fingerprint density at radius 1 is 1.19 bits per heavy atom. The number of carboxylic acid groups (broad SMARTS) is 1. The quantitative estimate of drug-likeness (QED) is 0.716. The van der Waals surface area contributed by atoms with E-state index in [1.165, 1.54) is 12.5 Å². The Morgan fingerprint density at radius 2 is 1.96 bits per heavy atom. The van der Waals surface area contributed by atoms with Gasteiger partial charge in [0.05, 0.1) is 28.1 Å². The third-order valence-corrected chi connectivity index (χ3v) is 6.14. The van der Waals surface area contributed by atoms with E-state index in [2.05, 4.69) is 15.0 Å². The highest BCUT2D eigenvalue weighted by Gasteiger charge is 2.22. The van der Waals surface area contributed by atoms with Crippen LogP contribution >= 0.6 is 0 Å². The fraction of sp³-hybridized carbons (Fsp3) is 0.235. The van der Waals surface area contributed by atoms with Gasteiger partial charge in [0.15, 0.2) is 9.84 Å². The molecule has 0 spiro atoms. The van der Waals surface area contributed by atoms with Crippen molar-refractivity contribution < 1.29 is 18.3 Å². The van der Waals surface area contributed by atoms with Gasteiger partial charge in [-0.3, -0.25) is 0 Å². The number of aromatic carboxylic acids is 1. The van der Waals surface area contributed by atoms with Gasteiger partial charge in [0, 0.05) is 30.5 Å². The van der Waals surface area contributed by atoms with E-state index >= 15 is 0 Å². The minimum Gasteiger partial charge on any atom is -0.478 e. The number of rotatable bonds is 3. The normalized spacial score (nSPS) is 16.7. The van der Waals surface area contributed by atoms with Gasteiger partial charge in [-0.25, -0.2) is 23.2 Å². The second-order valence-electron chi connectivity index (χ2n) is 6.14. The van der Waals surface area contributed by atoms with Crippen LogP contribution in [0.15, 0.2) is 36.8 Å². The molecule has 26 heavy (non-hydrogen) atoms. The lowest BCUT2D eigenvalue weighted by atomic mass is 10.1. The Bertz CT molecular complexity index is 1090. The topological polar surface area (TPSA) is 116 Å². The van der Waals surface area contributed by atoms with E-state index in [4.69, 9.17) is 0 Å². The summed E-state index contributed by atoms with van der Waals surface area (Å²) in [5.74, 6) is -0.781. The molecule has 1 aromatic carbocycles. The maximum atomic E-state index is 11.6. The van der Waals surface area contributed by atoms with Crippen molar-refractivity contribution in [3.63, 3.8) is 0 Å². The van der Waals surface area contributed by atoms with E-state index in [9.17, 15) is 18.3 Å². The van der Waals surface area contributed by atoms with Gasteiger partial charge in [0.25, 0.3) is 0 Å². The number of sulfone groups is 1. The van der Waals surface area contributed by atoms with Crippen LogP contribution in [-0.4, -0.2) is 59.0 Å². The van der Waals surface area contributed by atoms with Crippen molar-refractivity contribution in [3.05, 3.63) is 42.4 Å². The number of aromatic amines is 1. The van der Waals surface area contributed by atoms with Crippen molar-refractivity contribution in [1.82, 2.24) is 15.0 Å². The zero-order valence-corrected chi connectivity index (χ0v) is 14.5. The van der Waals surface area contributed by atoms with Gasteiger partial charge in [-0.05, 0) is 12.1 Å². The van der Waals surface area contributed by atoms with Crippen LogP contribution in [0.25, 0.3) is 22.3 Å². The van der Waals surface area contributed by atoms with Crippen LogP contribution in [0.5, 0.6) is 0 Å². The van der Waals surface area contributed by atoms with Gasteiger partial charge in [0.1, 0.15) is 12.0 Å². The molecule has 8 nitrogen and oxygen atoms in total. The number of fused-ring (bicyclic) bond motifs is 1. The molecular formula is C17H16N4O4S. The highest BCUT2D eigenvalue weighted by molar-refractivity contribution is 7.91. The Kier molecular flexibility index (Phi) is 3.87. The monoisotopic (exact) mass is 372 g/mol. The highest BCUT2D eigenvalue weighted by Crippen LogP contribution is 2.30. The lowest BCUT2D eigenvalue weighted by molar-refractivity contribution is 0.0699. The molecule has 1 fully saturated rings. The lowest BCUT2D eigenvalue weighted by Gasteiger charge is -2.29. The number of aromatic nitrogens is 3. The number of carboxylic acids is 1. The molecule has 0 atom stereocenters. The second kappa shape index (κ2) is 6.10. The molecule has 0 bridgehead atoms. The maximum Gasteiger partial charge on any atom is 0.338 e. The fourth-order valence-corrected chi connectivity index (χ4v) is 4.37. The van der Waals surface area contributed by atoms with E-state index in [0.717, 1.165) is 11.3 Å². The van der Waals surface area contributed by atoms with Gasteiger partial charge in [-0.15, -0.1) is 0 Å². The molecule has 9 heteroatoms. The number of nitrogens with one attached hydrogen (secondary N) is 1. The fourth-order valence-electron chi connectivity index (χ4n) is 3.17. The Balaban J connectivity index is 1.77. The zero-order valence-electron chi connectivity index (χ0n) is 13.7. The summed E-state index contributed by atoms with van der Waals surface area (Å²) < 4.78 is 23.3. The summed E-state index contributed by atoms with van der Waals surface area (Å²) in [6, 6.07) is 7.52. The van der Waals surface area contributed by atoms with Crippen LogP contribution in [0.2, 0.25) is 0 Å². The number of hydrogen-bond donors (Lipinski definition) is 2. The molecule has 0 saturated carbocycles. The Morgan fingerprint density at radius 3 is 2.69 bits per heavy atom. The van der Waals surface area contributed by atoms with Crippen LogP contribution in [-0.2, 0) is 9.84 Å². The molecule has 3 aromatic rings. The van der Waals surface area contributed by atoms with Crippen molar-refractivity contribution in [3.8, 4) is 11.3 Å². The number of carbonyl (C=O) groups is 1. The maximum absolute atomic E-state index is 11.6. The average Bonchev–Trinajstić information content (AvgIpc) is 3.06. The van der Waals surface area contributed by atoms with Gasteiger partial charge < -0.3 is 15.0 Å².